The molecule has 0 radical (unpaired) electrons. The molecule has 0 spiro atoms. The van der Waals surface area contributed by atoms with Crippen molar-refractivity contribution in [2.24, 2.45) is 11.7 Å². The second-order valence-corrected chi connectivity index (χ2v) is 9.40. The molecule has 8 heteroatoms. The van der Waals surface area contributed by atoms with Crippen molar-refractivity contribution in [1.82, 2.24) is 15.1 Å². The van der Waals surface area contributed by atoms with E-state index < -0.39 is 23.8 Å². The van der Waals surface area contributed by atoms with Gasteiger partial charge in [0.15, 0.2) is 6.17 Å². The molecule has 1 saturated heterocycles. The molecule has 1 heterocycles. The third-order valence-electron chi connectivity index (χ3n) is 6.99. The first-order chi connectivity index (χ1) is 17.0. The predicted molar refractivity (Wildman–Crippen MR) is 130 cm³/mol. The number of nitrogens with one attached hydrogen (secondary N) is 1. The minimum atomic E-state index is -1.07. The fraction of sp³-hybridized carbons (Fsp3) is 0.444. The molecule has 186 valence electrons. The Morgan fingerprint density at radius 2 is 1.69 bits per heavy atom. The summed E-state index contributed by atoms with van der Waals surface area (Å²) in [6.07, 6.45) is 4.78. The fourth-order valence-corrected chi connectivity index (χ4v) is 5.09. The lowest BCUT2D eigenvalue weighted by Crippen LogP contribution is -2.53. The van der Waals surface area contributed by atoms with Crippen LogP contribution in [0.5, 0.6) is 0 Å². The van der Waals surface area contributed by atoms with Gasteiger partial charge < -0.3 is 20.9 Å². The van der Waals surface area contributed by atoms with Gasteiger partial charge >= 0.3 is 0 Å². The topological polar surface area (TPSA) is 95.7 Å². The molecule has 4 rings (SSSR count). The van der Waals surface area contributed by atoms with Crippen LogP contribution in [0, 0.1) is 11.7 Å². The van der Waals surface area contributed by atoms with Crippen molar-refractivity contribution in [3.05, 3.63) is 71.0 Å². The third-order valence-corrected chi connectivity index (χ3v) is 6.99. The smallest absolute Gasteiger partial charge is 0.264 e. The lowest BCUT2D eigenvalue weighted by molar-refractivity contribution is -0.141. The number of carbonyl (C=O) groups excluding carboxylic acids is 3. The monoisotopic (exact) mass is 480 g/mol. The number of amides is 3. The van der Waals surface area contributed by atoms with Gasteiger partial charge in [0.25, 0.3) is 11.8 Å². The summed E-state index contributed by atoms with van der Waals surface area (Å²) in [5.41, 5.74) is 7.69. The van der Waals surface area contributed by atoms with Gasteiger partial charge in [0, 0.05) is 38.2 Å². The van der Waals surface area contributed by atoms with Crippen LogP contribution in [0.15, 0.2) is 48.5 Å². The van der Waals surface area contributed by atoms with Crippen LogP contribution in [-0.2, 0) is 22.7 Å². The van der Waals surface area contributed by atoms with Gasteiger partial charge in [-0.25, -0.2) is 4.39 Å². The van der Waals surface area contributed by atoms with Crippen LogP contribution in [0.1, 0.15) is 60.0 Å². The van der Waals surface area contributed by atoms with E-state index in [0.717, 1.165) is 36.5 Å². The summed E-state index contributed by atoms with van der Waals surface area (Å²) in [4.78, 5) is 42.6. The highest BCUT2D eigenvalue weighted by molar-refractivity contribution is 5.99. The van der Waals surface area contributed by atoms with Crippen molar-refractivity contribution in [2.75, 3.05) is 13.1 Å². The lowest BCUT2D eigenvalue weighted by Gasteiger charge is -2.29. The number of benzene rings is 2. The molecule has 2 aromatic carbocycles. The molecule has 35 heavy (non-hydrogen) atoms. The van der Waals surface area contributed by atoms with Crippen molar-refractivity contribution < 1.29 is 18.8 Å². The largest absolute Gasteiger partial charge is 0.349 e. The molecule has 3 N–H and O–H groups in total. The minimum absolute atomic E-state index is 0.128. The van der Waals surface area contributed by atoms with E-state index in [-0.39, 0.29) is 31.1 Å². The summed E-state index contributed by atoms with van der Waals surface area (Å²) in [5, 5.41) is 2.88. The Morgan fingerprint density at radius 1 is 0.971 bits per heavy atom. The Balaban J connectivity index is 1.50. The summed E-state index contributed by atoms with van der Waals surface area (Å²) >= 11 is 0. The van der Waals surface area contributed by atoms with Crippen molar-refractivity contribution in [2.45, 2.75) is 57.8 Å². The SMILES string of the molecule is NCc1cccc(CNC(=O)C2N(C(=O)CCC3CCCC3)CCN2C(=O)c2cccc(F)c2)c1. The second-order valence-electron chi connectivity index (χ2n) is 9.40. The van der Waals surface area contributed by atoms with Crippen LogP contribution in [0.3, 0.4) is 0 Å². The Hall–Kier alpha value is -3.26. The van der Waals surface area contributed by atoms with Gasteiger partial charge in [-0.2, -0.15) is 0 Å². The maximum absolute atomic E-state index is 13.8. The standard InChI is InChI=1S/C27H33FN4O3/c28-23-10-4-9-22(16-23)27(35)32-14-13-31(24(33)12-11-19-5-1-2-6-19)26(32)25(34)30-18-21-8-3-7-20(15-21)17-29/h3-4,7-10,15-16,19,26H,1-2,5-6,11-14,17-18,29H2,(H,30,34). The Bertz CT molecular complexity index is 1070. The summed E-state index contributed by atoms with van der Waals surface area (Å²) < 4.78 is 13.8. The Morgan fingerprint density at radius 3 is 2.43 bits per heavy atom. The number of carbonyl (C=O) groups is 3. The number of halogens is 1. The molecule has 1 aliphatic carbocycles. The molecule has 7 nitrogen and oxygen atoms in total. The molecular weight excluding hydrogens is 447 g/mol. The number of hydrogen-bond acceptors (Lipinski definition) is 4. The molecule has 2 aliphatic rings. The average Bonchev–Trinajstić information content (AvgIpc) is 3.56. The first-order valence-electron chi connectivity index (χ1n) is 12.4. The number of nitrogens with two attached hydrogens (primary N) is 1. The van der Waals surface area contributed by atoms with Crippen LogP contribution >= 0.6 is 0 Å². The highest BCUT2D eigenvalue weighted by Gasteiger charge is 2.42. The van der Waals surface area contributed by atoms with E-state index in [0.29, 0.717) is 18.9 Å². The first kappa shape index (κ1) is 24.9. The second kappa shape index (κ2) is 11.4. The molecule has 2 fully saturated rings. The zero-order valence-corrected chi connectivity index (χ0v) is 19.9. The molecule has 1 atom stereocenters. The molecule has 0 bridgehead atoms. The van der Waals surface area contributed by atoms with Crippen molar-refractivity contribution in [3.63, 3.8) is 0 Å². The summed E-state index contributed by atoms with van der Waals surface area (Å²) in [6, 6.07) is 13.0. The maximum Gasteiger partial charge on any atom is 0.264 e. The third kappa shape index (κ3) is 6.06. The molecular formula is C27H33FN4O3. The van der Waals surface area contributed by atoms with E-state index in [1.54, 1.807) is 0 Å². The molecule has 1 unspecified atom stereocenters. The van der Waals surface area contributed by atoms with Gasteiger partial charge in [-0.3, -0.25) is 14.4 Å². The number of rotatable bonds is 8. The van der Waals surface area contributed by atoms with Gasteiger partial charge in [0.05, 0.1) is 0 Å². The van der Waals surface area contributed by atoms with E-state index in [2.05, 4.69) is 5.32 Å². The van der Waals surface area contributed by atoms with Crippen LogP contribution in [-0.4, -0.2) is 46.8 Å². The Kier molecular flexibility index (Phi) is 8.13. The van der Waals surface area contributed by atoms with Crippen molar-refractivity contribution >= 4 is 17.7 Å². The molecule has 3 amide bonds. The predicted octanol–water partition coefficient (Wildman–Crippen LogP) is 3.18. The molecule has 2 aromatic rings. The van der Waals surface area contributed by atoms with E-state index in [1.165, 1.54) is 40.8 Å². The number of hydrogen-bond donors (Lipinski definition) is 2. The summed E-state index contributed by atoms with van der Waals surface area (Å²) in [6.45, 7) is 1.12. The fourth-order valence-electron chi connectivity index (χ4n) is 5.09. The van der Waals surface area contributed by atoms with E-state index in [1.807, 2.05) is 24.3 Å². The van der Waals surface area contributed by atoms with Crippen molar-refractivity contribution in [1.29, 1.82) is 0 Å². The average molecular weight is 481 g/mol. The minimum Gasteiger partial charge on any atom is -0.349 e. The summed E-state index contributed by atoms with van der Waals surface area (Å²) in [7, 11) is 0. The van der Waals surface area contributed by atoms with Crippen LogP contribution in [0.2, 0.25) is 0 Å². The van der Waals surface area contributed by atoms with Crippen LogP contribution < -0.4 is 11.1 Å². The molecule has 1 saturated carbocycles. The normalized spacial score (nSPS) is 18.2. The van der Waals surface area contributed by atoms with E-state index >= 15 is 0 Å². The zero-order valence-electron chi connectivity index (χ0n) is 19.9. The van der Waals surface area contributed by atoms with Gasteiger partial charge in [0.1, 0.15) is 5.82 Å². The lowest BCUT2D eigenvalue weighted by atomic mass is 10.0. The van der Waals surface area contributed by atoms with E-state index in [4.69, 9.17) is 5.73 Å². The quantitative estimate of drug-likeness (QED) is 0.607. The highest BCUT2D eigenvalue weighted by Crippen LogP contribution is 2.29. The van der Waals surface area contributed by atoms with Crippen LogP contribution in [0.4, 0.5) is 4.39 Å². The molecule has 1 aliphatic heterocycles. The van der Waals surface area contributed by atoms with Gasteiger partial charge in [0.2, 0.25) is 5.91 Å². The maximum atomic E-state index is 13.8. The summed E-state index contributed by atoms with van der Waals surface area (Å²) in [5.74, 6) is -1.01. The zero-order chi connectivity index (χ0) is 24.8. The molecule has 0 aromatic heterocycles. The van der Waals surface area contributed by atoms with Gasteiger partial charge in [-0.05, 0) is 41.7 Å². The van der Waals surface area contributed by atoms with Gasteiger partial charge in [-0.15, -0.1) is 0 Å². The van der Waals surface area contributed by atoms with E-state index in [9.17, 15) is 18.8 Å². The van der Waals surface area contributed by atoms with Crippen molar-refractivity contribution in [3.8, 4) is 0 Å². The first-order valence-corrected chi connectivity index (χ1v) is 12.4. The highest BCUT2D eigenvalue weighted by atomic mass is 19.1. The van der Waals surface area contributed by atoms with Gasteiger partial charge in [-0.1, -0.05) is 56.0 Å². The number of nitrogens with zero attached hydrogens (tertiary/aromatic N) is 2. The van der Waals surface area contributed by atoms with Crippen LogP contribution in [0.25, 0.3) is 0 Å². The Labute approximate surface area is 205 Å².